The van der Waals surface area contributed by atoms with Gasteiger partial charge in [-0.2, -0.15) is 22.8 Å². The number of fused-ring (bicyclic) bond motifs is 1. The normalized spacial score (nSPS) is 12.8. The Morgan fingerprint density at radius 2 is 1.88 bits per heavy atom. The third-order valence-corrected chi connectivity index (χ3v) is 5.35. The number of hydrogen-bond donors (Lipinski definition) is 1. The third kappa shape index (κ3) is 3.25. The summed E-state index contributed by atoms with van der Waals surface area (Å²) < 4.78 is 65.3. The fraction of sp³-hybridized carbons (Fsp3) is 0.250. The van der Waals surface area contributed by atoms with E-state index in [9.17, 15) is 21.6 Å². The number of hydrogen-bond acceptors (Lipinski definition) is 6. The lowest BCUT2D eigenvalue weighted by molar-refractivity contribution is -0.146. The average molecular weight is 377 g/mol. The number of benzene rings is 1. The Labute approximate surface area is 138 Å². The molecular weight excluding hydrogens is 367 g/mol. The van der Waals surface area contributed by atoms with Crippen LogP contribution in [-0.4, -0.2) is 28.2 Å². The van der Waals surface area contributed by atoms with E-state index in [4.69, 9.17) is 0 Å². The molecule has 24 heavy (non-hydrogen) atoms. The molecule has 2 aromatic heterocycles. The second kappa shape index (κ2) is 5.79. The molecule has 0 saturated carbocycles. The Bertz CT molecular complexity index is 976. The lowest BCUT2D eigenvalue weighted by Crippen LogP contribution is -2.23. The highest BCUT2D eigenvalue weighted by Gasteiger charge is 2.38. The van der Waals surface area contributed by atoms with Crippen molar-refractivity contribution in [3.8, 4) is 0 Å². The zero-order chi connectivity index (χ0) is 17.5. The first-order valence-corrected chi connectivity index (χ1v) is 8.81. The molecule has 0 amide bonds. The fourth-order valence-electron chi connectivity index (χ4n) is 1.86. The molecular formula is C12H10F3N5O2S2. The van der Waals surface area contributed by atoms with E-state index in [1.54, 1.807) is 12.1 Å². The molecule has 0 aliphatic rings. The third-order valence-electron chi connectivity index (χ3n) is 3.03. The van der Waals surface area contributed by atoms with Gasteiger partial charge in [0.15, 0.2) is 0 Å². The molecule has 1 aromatic carbocycles. The van der Waals surface area contributed by atoms with Gasteiger partial charge in [0.05, 0.1) is 11.4 Å². The number of sulfonamides is 1. The second-order valence-corrected chi connectivity index (χ2v) is 7.66. The molecule has 128 valence electrons. The number of nitrogens with one attached hydrogen (secondary N) is 1. The fourth-order valence-corrected chi connectivity index (χ4v) is 3.71. The molecule has 0 aliphatic heterocycles. The average Bonchev–Trinajstić information content (AvgIpc) is 3.04. The molecule has 3 aromatic rings. The van der Waals surface area contributed by atoms with Gasteiger partial charge >= 0.3 is 6.18 Å². The van der Waals surface area contributed by atoms with Crippen LogP contribution in [0.4, 0.5) is 13.2 Å². The molecule has 0 spiro atoms. The van der Waals surface area contributed by atoms with E-state index >= 15 is 0 Å². The SMILES string of the molecule is Cc1ccc(S(=O)(=O)NCc2nn3c(C(F)(F)F)nnc3s2)cc1. The minimum Gasteiger partial charge on any atom is -0.207 e. The van der Waals surface area contributed by atoms with Crippen LogP contribution >= 0.6 is 11.3 Å². The topological polar surface area (TPSA) is 89.2 Å². The predicted molar refractivity (Wildman–Crippen MR) is 78.9 cm³/mol. The van der Waals surface area contributed by atoms with Gasteiger partial charge in [0.25, 0.3) is 5.82 Å². The highest BCUT2D eigenvalue weighted by Crippen LogP contribution is 2.29. The van der Waals surface area contributed by atoms with Gasteiger partial charge in [0.1, 0.15) is 5.01 Å². The van der Waals surface area contributed by atoms with Gasteiger partial charge in [-0.05, 0) is 19.1 Å². The van der Waals surface area contributed by atoms with Crippen molar-refractivity contribution in [2.45, 2.75) is 24.5 Å². The van der Waals surface area contributed by atoms with Gasteiger partial charge in [-0.25, -0.2) is 13.1 Å². The van der Waals surface area contributed by atoms with Crippen LogP contribution in [0.3, 0.4) is 0 Å². The van der Waals surface area contributed by atoms with E-state index in [0.29, 0.717) is 4.52 Å². The molecule has 0 atom stereocenters. The van der Waals surface area contributed by atoms with Gasteiger partial charge in [-0.1, -0.05) is 29.0 Å². The summed E-state index contributed by atoms with van der Waals surface area (Å²) in [5.74, 6) is -1.25. The van der Waals surface area contributed by atoms with E-state index in [1.807, 2.05) is 6.92 Å². The van der Waals surface area contributed by atoms with Crippen molar-refractivity contribution in [1.29, 1.82) is 0 Å². The molecule has 7 nitrogen and oxygen atoms in total. The van der Waals surface area contributed by atoms with E-state index < -0.39 is 22.0 Å². The second-order valence-electron chi connectivity index (χ2n) is 4.85. The molecule has 3 rings (SSSR count). The van der Waals surface area contributed by atoms with Gasteiger partial charge < -0.3 is 0 Å². The van der Waals surface area contributed by atoms with Gasteiger partial charge in [0, 0.05) is 0 Å². The number of rotatable bonds is 4. The van der Waals surface area contributed by atoms with E-state index in [2.05, 4.69) is 20.0 Å². The van der Waals surface area contributed by atoms with Crippen LogP contribution in [0.2, 0.25) is 0 Å². The van der Waals surface area contributed by atoms with E-state index in [0.717, 1.165) is 16.9 Å². The van der Waals surface area contributed by atoms with Gasteiger partial charge in [-0.15, -0.1) is 10.2 Å². The van der Waals surface area contributed by atoms with Crippen molar-refractivity contribution in [3.05, 3.63) is 40.7 Å². The molecule has 0 aliphatic carbocycles. The summed E-state index contributed by atoms with van der Waals surface area (Å²) in [6.07, 6.45) is -4.69. The summed E-state index contributed by atoms with van der Waals surface area (Å²) in [6, 6.07) is 6.18. The maximum absolute atomic E-state index is 12.7. The van der Waals surface area contributed by atoms with Crippen molar-refractivity contribution in [3.63, 3.8) is 0 Å². The van der Waals surface area contributed by atoms with Crippen molar-refractivity contribution >= 4 is 26.3 Å². The first-order chi connectivity index (χ1) is 11.2. The molecule has 12 heteroatoms. The van der Waals surface area contributed by atoms with Crippen molar-refractivity contribution in [2.75, 3.05) is 0 Å². The van der Waals surface area contributed by atoms with Crippen LogP contribution in [-0.2, 0) is 22.7 Å². The standard InChI is InChI=1S/C12H10F3N5O2S2/c1-7-2-4-8(5-3-7)24(21,22)16-6-9-19-20-10(12(13,14)15)17-18-11(20)23-9/h2-5,16H,6H2,1H3. The minimum atomic E-state index is -4.69. The van der Waals surface area contributed by atoms with Crippen LogP contribution in [0.15, 0.2) is 29.2 Å². The Hall–Kier alpha value is -2.05. The van der Waals surface area contributed by atoms with E-state index in [-0.39, 0.29) is 21.4 Å². The lowest BCUT2D eigenvalue weighted by atomic mass is 10.2. The van der Waals surface area contributed by atoms with Crippen LogP contribution in [0.25, 0.3) is 4.96 Å². The highest BCUT2D eigenvalue weighted by atomic mass is 32.2. The molecule has 0 fully saturated rings. The first-order valence-electron chi connectivity index (χ1n) is 6.51. The van der Waals surface area contributed by atoms with Gasteiger partial charge in [-0.3, -0.25) is 0 Å². The number of aromatic nitrogens is 4. The largest absolute Gasteiger partial charge is 0.453 e. The molecule has 0 saturated heterocycles. The number of nitrogens with zero attached hydrogens (tertiary/aromatic N) is 4. The zero-order valence-corrected chi connectivity index (χ0v) is 13.7. The lowest BCUT2D eigenvalue weighted by Gasteiger charge is -2.05. The molecule has 0 radical (unpaired) electrons. The summed E-state index contributed by atoms with van der Waals surface area (Å²) in [4.78, 5) is -0.000982. The minimum absolute atomic E-state index is 0.0621. The van der Waals surface area contributed by atoms with Crippen LogP contribution < -0.4 is 4.72 Å². The molecule has 0 unspecified atom stereocenters. The summed E-state index contributed by atoms with van der Waals surface area (Å²) in [5.41, 5.74) is 0.905. The molecule has 0 bridgehead atoms. The first kappa shape index (κ1) is 16.8. The maximum Gasteiger partial charge on any atom is 0.453 e. The Morgan fingerprint density at radius 1 is 1.21 bits per heavy atom. The number of halogens is 3. The van der Waals surface area contributed by atoms with Crippen LogP contribution in [0.5, 0.6) is 0 Å². The number of aryl methyl sites for hydroxylation is 1. The predicted octanol–water partition coefficient (Wildman–Crippen LogP) is 1.99. The highest BCUT2D eigenvalue weighted by molar-refractivity contribution is 7.89. The Morgan fingerprint density at radius 3 is 2.50 bits per heavy atom. The maximum atomic E-state index is 12.7. The summed E-state index contributed by atoms with van der Waals surface area (Å²) in [7, 11) is -3.79. The van der Waals surface area contributed by atoms with Crippen molar-refractivity contribution in [1.82, 2.24) is 24.5 Å². The quantitative estimate of drug-likeness (QED) is 0.751. The van der Waals surface area contributed by atoms with Crippen LogP contribution in [0, 0.1) is 6.92 Å². The zero-order valence-electron chi connectivity index (χ0n) is 12.1. The Kier molecular flexibility index (Phi) is 4.05. The number of alkyl halides is 3. The van der Waals surface area contributed by atoms with Crippen LogP contribution in [0.1, 0.15) is 16.4 Å². The summed E-state index contributed by atoms with van der Waals surface area (Å²) >= 11 is 0.824. The van der Waals surface area contributed by atoms with Gasteiger partial charge in [0.2, 0.25) is 15.0 Å². The van der Waals surface area contributed by atoms with Crippen molar-refractivity contribution in [2.24, 2.45) is 0 Å². The molecule has 2 heterocycles. The smallest absolute Gasteiger partial charge is 0.207 e. The summed E-state index contributed by atoms with van der Waals surface area (Å²) in [5, 5.41) is 10.3. The summed E-state index contributed by atoms with van der Waals surface area (Å²) in [6.45, 7) is 1.57. The molecule has 1 N–H and O–H groups in total. The van der Waals surface area contributed by atoms with Crippen molar-refractivity contribution < 1.29 is 21.6 Å². The van der Waals surface area contributed by atoms with E-state index in [1.165, 1.54) is 12.1 Å². The Balaban J connectivity index is 1.80. The monoisotopic (exact) mass is 377 g/mol.